The number of alkyl carbamates (subject to hydrolysis) is 1. The van der Waals surface area contributed by atoms with E-state index in [2.05, 4.69) is 24.9 Å². The molecule has 1 aromatic rings. The van der Waals surface area contributed by atoms with Crippen molar-refractivity contribution in [3.63, 3.8) is 0 Å². The van der Waals surface area contributed by atoms with Gasteiger partial charge in [-0.2, -0.15) is 0 Å². The number of nitrogens with two attached hydrogens (primary N) is 2. The van der Waals surface area contributed by atoms with Crippen molar-refractivity contribution < 1.29 is 14.3 Å². The SMILES string of the molecule is NC(=O)COC(=O)NCC1CCN(c2cncc(N)n2)CC1. The monoisotopic (exact) mass is 308 g/mol. The first kappa shape index (κ1) is 15.8. The number of hydrogen-bond donors (Lipinski definition) is 3. The van der Waals surface area contributed by atoms with Crippen LogP contribution in [0.1, 0.15) is 12.8 Å². The molecule has 0 bridgehead atoms. The average molecular weight is 308 g/mol. The van der Waals surface area contributed by atoms with Crippen molar-refractivity contribution in [1.29, 1.82) is 0 Å². The van der Waals surface area contributed by atoms with E-state index in [1.807, 2.05) is 0 Å². The van der Waals surface area contributed by atoms with Crippen molar-refractivity contribution in [1.82, 2.24) is 15.3 Å². The van der Waals surface area contributed by atoms with E-state index in [-0.39, 0.29) is 0 Å². The van der Waals surface area contributed by atoms with Gasteiger partial charge in [-0.05, 0) is 18.8 Å². The molecule has 0 atom stereocenters. The summed E-state index contributed by atoms with van der Waals surface area (Å²) >= 11 is 0. The number of ether oxygens (including phenoxy) is 1. The van der Waals surface area contributed by atoms with Crippen LogP contribution in [0.5, 0.6) is 0 Å². The van der Waals surface area contributed by atoms with Crippen LogP contribution in [0.25, 0.3) is 0 Å². The molecular weight excluding hydrogens is 288 g/mol. The van der Waals surface area contributed by atoms with Crippen LogP contribution in [0.4, 0.5) is 16.4 Å². The topological polar surface area (TPSA) is 136 Å². The predicted octanol–water partition coefficient (Wildman–Crippen LogP) is -0.513. The molecule has 0 aliphatic carbocycles. The van der Waals surface area contributed by atoms with Crippen LogP contribution in [0.2, 0.25) is 0 Å². The second-order valence-electron chi connectivity index (χ2n) is 5.16. The Morgan fingerprint density at radius 1 is 1.36 bits per heavy atom. The number of carbonyl (C=O) groups excluding carboxylic acids is 2. The van der Waals surface area contributed by atoms with Crippen molar-refractivity contribution in [2.45, 2.75) is 12.8 Å². The van der Waals surface area contributed by atoms with Gasteiger partial charge in [-0.25, -0.2) is 9.78 Å². The van der Waals surface area contributed by atoms with E-state index in [4.69, 9.17) is 11.5 Å². The average Bonchev–Trinajstić information content (AvgIpc) is 2.51. The van der Waals surface area contributed by atoms with E-state index in [0.29, 0.717) is 18.3 Å². The maximum atomic E-state index is 11.3. The van der Waals surface area contributed by atoms with Gasteiger partial charge >= 0.3 is 6.09 Å². The molecule has 2 amide bonds. The lowest BCUT2D eigenvalue weighted by Gasteiger charge is -2.32. The first-order valence-electron chi connectivity index (χ1n) is 7.06. The van der Waals surface area contributed by atoms with Crippen LogP contribution < -0.4 is 21.7 Å². The Labute approximate surface area is 128 Å². The zero-order chi connectivity index (χ0) is 15.9. The third kappa shape index (κ3) is 4.76. The molecule has 0 aromatic carbocycles. The highest BCUT2D eigenvalue weighted by Crippen LogP contribution is 2.21. The molecule has 9 heteroatoms. The molecule has 22 heavy (non-hydrogen) atoms. The molecule has 1 aliphatic rings. The van der Waals surface area contributed by atoms with E-state index in [0.717, 1.165) is 31.7 Å². The fraction of sp³-hybridized carbons (Fsp3) is 0.538. The van der Waals surface area contributed by atoms with Crippen LogP contribution in [0.15, 0.2) is 12.4 Å². The number of nitrogens with zero attached hydrogens (tertiary/aromatic N) is 3. The van der Waals surface area contributed by atoms with Gasteiger partial charge in [-0.1, -0.05) is 0 Å². The summed E-state index contributed by atoms with van der Waals surface area (Å²) in [6, 6.07) is 0. The summed E-state index contributed by atoms with van der Waals surface area (Å²) in [5.74, 6) is 0.851. The molecule has 2 heterocycles. The van der Waals surface area contributed by atoms with Crippen molar-refractivity contribution in [2.75, 3.05) is 36.9 Å². The van der Waals surface area contributed by atoms with E-state index in [1.165, 1.54) is 6.20 Å². The summed E-state index contributed by atoms with van der Waals surface area (Å²) in [6.45, 7) is 1.74. The minimum Gasteiger partial charge on any atom is -0.439 e. The summed E-state index contributed by atoms with van der Waals surface area (Å²) in [6.07, 6.45) is 4.40. The number of hydrogen-bond acceptors (Lipinski definition) is 7. The van der Waals surface area contributed by atoms with Crippen LogP contribution in [0, 0.1) is 5.92 Å². The van der Waals surface area contributed by atoms with Crippen LogP contribution in [-0.2, 0) is 9.53 Å². The lowest BCUT2D eigenvalue weighted by Crippen LogP contribution is -2.39. The molecule has 1 fully saturated rings. The Kier molecular flexibility index (Phi) is 5.34. The number of anilines is 2. The zero-order valence-corrected chi connectivity index (χ0v) is 12.2. The molecule has 9 nitrogen and oxygen atoms in total. The summed E-state index contributed by atoms with van der Waals surface area (Å²) in [5, 5.41) is 2.64. The highest BCUT2D eigenvalue weighted by Gasteiger charge is 2.21. The maximum Gasteiger partial charge on any atom is 0.407 e. The Morgan fingerprint density at radius 2 is 2.09 bits per heavy atom. The Bertz CT molecular complexity index is 530. The van der Waals surface area contributed by atoms with E-state index in [9.17, 15) is 9.59 Å². The Morgan fingerprint density at radius 3 is 2.73 bits per heavy atom. The molecule has 5 N–H and O–H groups in total. The van der Waals surface area contributed by atoms with Crippen LogP contribution in [-0.4, -0.2) is 48.2 Å². The Hall–Kier alpha value is -2.58. The summed E-state index contributed by atoms with van der Waals surface area (Å²) in [5.41, 5.74) is 10.5. The van der Waals surface area contributed by atoms with Gasteiger partial charge in [0.05, 0.1) is 12.4 Å². The van der Waals surface area contributed by atoms with Gasteiger partial charge < -0.3 is 26.4 Å². The zero-order valence-electron chi connectivity index (χ0n) is 12.2. The second-order valence-corrected chi connectivity index (χ2v) is 5.16. The highest BCUT2D eigenvalue weighted by atomic mass is 16.6. The third-order valence-electron chi connectivity index (χ3n) is 3.46. The van der Waals surface area contributed by atoms with Gasteiger partial charge in [-0.3, -0.25) is 9.78 Å². The number of nitrogens with one attached hydrogen (secondary N) is 1. The number of amides is 2. The predicted molar refractivity (Wildman–Crippen MR) is 79.9 cm³/mol. The Balaban J connectivity index is 1.71. The van der Waals surface area contributed by atoms with Crippen molar-refractivity contribution >= 4 is 23.6 Å². The van der Waals surface area contributed by atoms with Gasteiger partial charge in [0.2, 0.25) is 0 Å². The third-order valence-corrected chi connectivity index (χ3v) is 3.46. The number of aromatic nitrogens is 2. The standard InChI is InChI=1S/C13H20N6O3/c14-10-6-16-7-12(18-10)19-3-1-9(2-4-19)5-17-13(21)22-8-11(15)20/h6-7,9H,1-5,8H2,(H2,14,18)(H2,15,20)(H,17,21). The number of nitrogen functional groups attached to an aromatic ring is 1. The molecule has 1 saturated heterocycles. The fourth-order valence-electron chi connectivity index (χ4n) is 2.30. The summed E-state index contributed by atoms with van der Waals surface area (Å²) in [4.78, 5) is 32.2. The smallest absolute Gasteiger partial charge is 0.407 e. The molecule has 1 aliphatic heterocycles. The minimum absolute atomic E-state index is 0.353. The normalized spacial score (nSPS) is 15.4. The van der Waals surface area contributed by atoms with E-state index >= 15 is 0 Å². The molecular formula is C13H20N6O3. The quantitative estimate of drug-likeness (QED) is 0.666. The van der Waals surface area contributed by atoms with E-state index in [1.54, 1.807) is 6.20 Å². The van der Waals surface area contributed by atoms with E-state index < -0.39 is 18.6 Å². The molecule has 0 saturated carbocycles. The number of carbonyl (C=O) groups is 2. The van der Waals surface area contributed by atoms with Gasteiger partial charge in [0.15, 0.2) is 6.61 Å². The molecule has 0 spiro atoms. The van der Waals surface area contributed by atoms with Gasteiger partial charge in [-0.15, -0.1) is 0 Å². The highest BCUT2D eigenvalue weighted by molar-refractivity contribution is 5.78. The van der Waals surface area contributed by atoms with Crippen LogP contribution in [0.3, 0.4) is 0 Å². The van der Waals surface area contributed by atoms with Crippen molar-refractivity contribution in [2.24, 2.45) is 11.7 Å². The molecule has 1 aromatic heterocycles. The fourth-order valence-corrected chi connectivity index (χ4v) is 2.30. The molecule has 0 radical (unpaired) electrons. The maximum absolute atomic E-state index is 11.3. The molecule has 0 unspecified atom stereocenters. The van der Waals surface area contributed by atoms with Crippen molar-refractivity contribution in [3.8, 4) is 0 Å². The van der Waals surface area contributed by atoms with Crippen LogP contribution >= 0.6 is 0 Å². The summed E-state index contributed by atoms with van der Waals surface area (Å²) < 4.78 is 4.63. The van der Waals surface area contributed by atoms with Gasteiger partial charge in [0, 0.05) is 19.6 Å². The van der Waals surface area contributed by atoms with Gasteiger partial charge in [0.25, 0.3) is 5.91 Å². The lowest BCUT2D eigenvalue weighted by atomic mass is 9.97. The minimum atomic E-state index is -0.674. The van der Waals surface area contributed by atoms with Crippen molar-refractivity contribution in [3.05, 3.63) is 12.4 Å². The number of primary amides is 1. The van der Waals surface area contributed by atoms with Gasteiger partial charge in [0.1, 0.15) is 11.6 Å². The second kappa shape index (κ2) is 7.43. The first-order valence-corrected chi connectivity index (χ1v) is 7.06. The number of rotatable bonds is 5. The lowest BCUT2D eigenvalue weighted by molar-refractivity contribution is -0.120. The summed E-state index contributed by atoms with van der Waals surface area (Å²) in [7, 11) is 0. The first-order chi connectivity index (χ1) is 10.5. The number of piperidine rings is 1. The largest absolute Gasteiger partial charge is 0.439 e. The molecule has 120 valence electrons. The molecule has 2 rings (SSSR count).